The van der Waals surface area contributed by atoms with E-state index in [4.69, 9.17) is 20.8 Å². The lowest BCUT2D eigenvalue weighted by Crippen LogP contribution is -2.13. The molecule has 28 heavy (non-hydrogen) atoms. The number of benzene rings is 3. The molecule has 0 saturated heterocycles. The molecule has 0 aliphatic rings. The average Bonchev–Trinajstić information content (AvgIpc) is 3.12. The van der Waals surface area contributed by atoms with Gasteiger partial charge in [-0.25, -0.2) is 4.98 Å². The molecular formula is C21H14BrClN2O3. The SMILES string of the molecule is COc1ccccc1C(=O)Nc1ccc2oc(-c3cc(Br)ccc3Cl)nc2c1. The van der Waals surface area contributed by atoms with Gasteiger partial charge < -0.3 is 14.5 Å². The molecule has 1 N–H and O–H groups in total. The van der Waals surface area contributed by atoms with Crippen molar-refractivity contribution in [1.29, 1.82) is 0 Å². The first-order valence-corrected chi connectivity index (χ1v) is 9.52. The first kappa shape index (κ1) is 18.5. The predicted molar refractivity (Wildman–Crippen MR) is 113 cm³/mol. The molecule has 0 unspecified atom stereocenters. The number of nitrogens with zero attached hydrogens (tertiary/aromatic N) is 1. The highest BCUT2D eigenvalue weighted by molar-refractivity contribution is 9.10. The summed E-state index contributed by atoms with van der Waals surface area (Å²) in [6.45, 7) is 0. The van der Waals surface area contributed by atoms with Gasteiger partial charge in [-0.05, 0) is 48.5 Å². The Balaban J connectivity index is 1.65. The van der Waals surface area contributed by atoms with Crippen LogP contribution in [-0.4, -0.2) is 18.0 Å². The minimum atomic E-state index is -0.268. The number of hydrogen-bond donors (Lipinski definition) is 1. The summed E-state index contributed by atoms with van der Waals surface area (Å²) >= 11 is 9.69. The lowest BCUT2D eigenvalue weighted by Gasteiger charge is -2.08. The van der Waals surface area contributed by atoms with Crippen LogP contribution < -0.4 is 10.1 Å². The second-order valence-corrected chi connectivity index (χ2v) is 7.30. The fourth-order valence-electron chi connectivity index (χ4n) is 2.81. The van der Waals surface area contributed by atoms with Gasteiger partial charge in [0.15, 0.2) is 5.58 Å². The fourth-order valence-corrected chi connectivity index (χ4v) is 3.37. The van der Waals surface area contributed by atoms with Crippen molar-refractivity contribution in [1.82, 2.24) is 4.98 Å². The summed E-state index contributed by atoms with van der Waals surface area (Å²) in [6.07, 6.45) is 0. The van der Waals surface area contributed by atoms with Crippen LogP contribution in [0.3, 0.4) is 0 Å². The van der Waals surface area contributed by atoms with E-state index < -0.39 is 0 Å². The Morgan fingerprint density at radius 1 is 1.14 bits per heavy atom. The first-order valence-electron chi connectivity index (χ1n) is 8.35. The summed E-state index contributed by atoms with van der Waals surface area (Å²) in [4.78, 5) is 17.1. The van der Waals surface area contributed by atoms with E-state index in [0.717, 1.165) is 4.47 Å². The van der Waals surface area contributed by atoms with Crippen molar-refractivity contribution in [2.24, 2.45) is 0 Å². The maximum Gasteiger partial charge on any atom is 0.259 e. The number of rotatable bonds is 4. The van der Waals surface area contributed by atoms with E-state index in [-0.39, 0.29) is 5.91 Å². The molecule has 0 atom stereocenters. The van der Waals surface area contributed by atoms with Crippen LogP contribution in [0.5, 0.6) is 5.75 Å². The highest BCUT2D eigenvalue weighted by atomic mass is 79.9. The number of aromatic nitrogens is 1. The number of oxazole rings is 1. The molecule has 1 aromatic heterocycles. The second kappa shape index (κ2) is 7.66. The topological polar surface area (TPSA) is 64.4 Å². The van der Waals surface area contributed by atoms with Crippen molar-refractivity contribution >= 4 is 50.2 Å². The third-order valence-corrected chi connectivity index (χ3v) is 4.98. The van der Waals surface area contributed by atoms with E-state index in [9.17, 15) is 4.79 Å². The minimum Gasteiger partial charge on any atom is -0.496 e. The molecule has 0 aliphatic carbocycles. The van der Waals surface area contributed by atoms with Crippen molar-refractivity contribution in [2.75, 3.05) is 12.4 Å². The number of anilines is 1. The van der Waals surface area contributed by atoms with E-state index in [2.05, 4.69) is 26.2 Å². The van der Waals surface area contributed by atoms with Crippen molar-refractivity contribution < 1.29 is 13.9 Å². The number of ether oxygens (including phenoxy) is 1. The normalized spacial score (nSPS) is 10.8. The van der Waals surface area contributed by atoms with Crippen molar-refractivity contribution in [3.8, 4) is 17.2 Å². The van der Waals surface area contributed by atoms with E-state index in [1.54, 1.807) is 42.5 Å². The number of methoxy groups -OCH3 is 1. The lowest BCUT2D eigenvalue weighted by atomic mass is 10.2. The molecular weight excluding hydrogens is 444 g/mol. The fraction of sp³-hybridized carbons (Fsp3) is 0.0476. The van der Waals surface area contributed by atoms with Crippen LogP contribution in [0.15, 0.2) is 69.6 Å². The number of carbonyl (C=O) groups is 1. The van der Waals surface area contributed by atoms with E-state index >= 15 is 0 Å². The molecule has 0 radical (unpaired) electrons. The van der Waals surface area contributed by atoms with Crippen LogP contribution in [0.4, 0.5) is 5.69 Å². The van der Waals surface area contributed by atoms with Crippen LogP contribution in [0.2, 0.25) is 5.02 Å². The third-order valence-electron chi connectivity index (χ3n) is 4.16. The molecule has 0 bridgehead atoms. The van der Waals surface area contributed by atoms with Crippen molar-refractivity contribution in [3.05, 3.63) is 75.7 Å². The standard InChI is InChI=1S/C21H14BrClN2O3/c1-27-18-5-3-2-4-14(18)20(26)24-13-7-9-19-17(11-13)25-21(28-19)15-10-12(22)6-8-16(15)23/h2-11H,1H3,(H,24,26). The minimum absolute atomic E-state index is 0.268. The van der Waals surface area contributed by atoms with Crippen LogP contribution in [0.1, 0.15) is 10.4 Å². The maximum absolute atomic E-state index is 12.6. The third kappa shape index (κ3) is 3.61. The molecule has 4 aromatic rings. The summed E-state index contributed by atoms with van der Waals surface area (Å²) in [5.74, 6) is 0.652. The number of fused-ring (bicyclic) bond motifs is 1. The summed E-state index contributed by atoms with van der Waals surface area (Å²) in [6, 6.07) is 17.8. The van der Waals surface area contributed by atoms with Gasteiger partial charge in [-0.2, -0.15) is 0 Å². The van der Waals surface area contributed by atoms with Gasteiger partial charge in [0.1, 0.15) is 11.3 Å². The zero-order chi connectivity index (χ0) is 19.7. The zero-order valence-electron chi connectivity index (χ0n) is 14.7. The number of para-hydroxylation sites is 1. The Morgan fingerprint density at radius 2 is 1.96 bits per heavy atom. The molecule has 3 aromatic carbocycles. The Morgan fingerprint density at radius 3 is 2.79 bits per heavy atom. The number of halogens is 2. The largest absolute Gasteiger partial charge is 0.496 e. The molecule has 1 amide bonds. The molecule has 7 heteroatoms. The van der Waals surface area contributed by atoms with E-state index in [1.807, 2.05) is 18.2 Å². The summed E-state index contributed by atoms with van der Waals surface area (Å²) in [5, 5.41) is 3.40. The van der Waals surface area contributed by atoms with Crippen molar-refractivity contribution in [3.63, 3.8) is 0 Å². The van der Waals surface area contributed by atoms with Gasteiger partial charge in [0.05, 0.1) is 23.3 Å². The number of nitrogens with one attached hydrogen (secondary N) is 1. The molecule has 4 rings (SSSR count). The molecule has 0 aliphatic heterocycles. The van der Waals surface area contributed by atoms with E-state index in [0.29, 0.717) is 44.6 Å². The Labute approximate surface area is 174 Å². The quantitative estimate of drug-likeness (QED) is 0.398. The number of carbonyl (C=O) groups excluding carboxylic acids is 1. The lowest BCUT2D eigenvalue weighted by molar-refractivity contribution is 0.102. The number of hydrogen-bond acceptors (Lipinski definition) is 4. The first-order chi connectivity index (χ1) is 13.5. The Bertz CT molecular complexity index is 1190. The second-order valence-electron chi connectivity index (χ2n) is 5.98. The smallest absolute Gasteiger partial charge is 0.259 e. The highest BCUT2D eigenvalue weighted by Gasteiger charge is 2.15. The van der Waals surface area contributed by atoms with Gasteiger partial charge in [-0.3, -0.25) is 4.79 Å². The van der Waals surface area contributed by atoms with Crippen LogP contribution in [0.25, 0.3) is 22.6 Å². The Kier molecular flexibility index (Phi) is 5.07. The zero-order valence-corrected chi connectivity index (χ0v) is 17.0. The Hall–Kier alpha value is -2.83. The number of amides is 1. The van der Waals surface area contributed by atoms with Gasteiger partial charge in [-0.1, -0.05) is 39.7 Å². The van der Waals surface area contributed by atoms with Crippen molar-refractivity contribution in [2.45, 2.75) is 0 Å². The highest BCUT2D eigenvalue weighted by Crippen LogP contribution is 2.33. The summed E-state index contributed by atoms with van der Waals surface area (Å²) in [7, 11) is 1.53. The maximum atomic E-state index is 12.6. The van der Waals surface area contributed by atoms with E-state index in [1.165, 1.54) is 7.11 Å². The van der Waals surface area contributed by atoms with Gasteiger partial charge >= 0.3 is 0 Å². The molecule has 0 saturated carbocycles. The molecule has 0 fully saturated rings. The van der Waals surface area contributed by atoms with Crippen LogP contribution >= 0.6 is 27.5 Å². The molecule has 140 valence electrons. The van der Waals surface area contributed by atoms with Crippen LogP contribution in [-0.2, 0) is 0 Å². The van der Waals surface area contributed by atoms with Gasteiger partial charge in [0.25, 0.3) is 5.91 Å². The average molecular weight is 458 g/mol. The molecule has 5 nitrogen and oxygen atoms in total. The monoisotopic (exact) mass is 456 g/mol. The predicted octanol–water partition coefficient (Wildman–Crippen LogP) is 6.17. The summed E-state index contributed by atoms with van der Waals surface area (Å²) in [5.41, 5.74) is 2.95. The van der Waals surface area contributed by atoms with Gasteiger partial charge in [-0.15, -0.1) is 0 Å². The summed E-state index contributed by atoms with van der Waals surface area (Å²) < 4.78 is 11.9. The molecule has 0 spiro atoms. The van der Waals surface area contributed by atoms with Gasteiger partial charge in [0.2, 0.25) is 5.89 Å². The molecule has 1 heterocycles. The van der Waals surface area contributed by atoms with Gasteiger partial charge in [0, 0.05) is 10.2 Å². The van der Waals surface area contributed by atoms with Crippen LogP contribution in [0, 0.1) is 0 Å².